The van der Waals surface area contributed by atoms with E-state index in [0.717, 1.165) is 0 Å². The van der Waals surface area contributed by atoms with Gasteiger partial charge in [0.25, 0.3) is 0 Å². The minimum absolute atomic E-state index is 0.0519. The second kappa shape index (κ2) is 4.36. The Morgan fingerprint density at radius 2 is 1.53 bits per heavy atom. The van der Waals surface area contributed by atoms with Gasteiger partial charge >= 0.3 is 7.12 Å². The van der Waals surface area contributed by atoms with Gasteiger partial charge in [-0.1, -0.05) is 36.8 Å². The Bertz CT molecular complexity index is 439. The molecule has 3 rings (SSSR count). The van der Waals surface area contributed by atoms with Crippen molar-refractivity contribution in [2.24, 2.45) is 0 Å². The molecule has 2 nitrogen and oxygen atoms in total. The fourth-order valence-electron chi connectivity index (χ4n) is 3.03. The van der Waals surface area contributed by atoms with Gasteiger partial charge in [-0.3, -0.25) is 0 Å². The molecular weight excluding hydrogens is 235 g/mol. The normalized spacial score (nSPS) is 32.1. The van der Waals surface area contributed by atoms with Crippen LogP contribution in [0.2, 0.25) is 5.82 Å². The maximum absolute atomic E-state index is 6.20. The lowest BCUT2D eigenvalue weighted by Gasteiger charge is -2.38. The monoisotopic (exact) mass is 258 g/mol. The number of hydrogen-bond acceptors (Lipinski definition) is 2. The van der Waals surface area contributed by atoms with Crippen LogP contribution in [0.25, 0.3) is 0 Å². The first-order valence-corrected chi connectivity index (χ1v) is 7.31. The van der Waals surface area contributed by atoms with E-state index < -0.39 is 0 Å². The van der Waals surface area contributed by atoms with E-state index in [1.54, 1.807) is 0 Å². The fraction of sp³-hybridized carbons (Fsp3) is 0.625. The van der Waals surface area contributed by atoms with E-state index in [1.165, 1.54) is 18.4 Å². The van der Waals surface area contributed by atoms with E-state index in [-0.39, 0.29) is 18.3 Å². The van der Waals surface area contributed by atoms with E-state index in [2.05, 4.69) is 58.0 Å². The van der Waals surface area contributed by atoms with Crippen molar-refractivity contribution in [3.05, 3.63) is 35.9 Å². The van der Waals surface area contributed by atoms with Gasteiger partial charge in [-0.05, 0) is 45.6 Å². The third-order valence-electron chi connectivity index (χ3n) is 5.18. The summed E-state index contributed by atoms with van der Waals surface area (Å²) in [6.45, 7) is 8.51. The van der Waals surface area contributed by atoms with Crippen molar-refractivity contribution in [1.29, 1.82) is 0 Å². The molecule has 0 N–H and O–H groups in total. The highest BCUT2D eigenvalue weighted by Gasteiger charge is 2.56. The van der Waals surface area contributed by atoms with Gasteiger partial charge in [-0.25, -0.2) is 0 Å². The third-order valence-corrected chi connectivity index (χ3v) is 5.18. The Balaban J connectivity index is 1.75. The summed E-state index contributed by atoms with van der Waals surface area (Å²) in [5.41, 5.74) is 0.997. The molecule has 0 bridgehead atoms. The summed E-state index contributed by atoms with van der Waals surface area (Å²) in [5.74, 6) is 1.10. The van der Waals surface area contributed by atoms with Gasteiger partial charge in [-0.2, -0.15) is 0 Å². The maximum atomic E-state index is 6.20. The molecule has 1 aromatic rings. The minimum Gasteiger partial charge on any atom is -0.403 e. The first-order chi connectivity index (χ1) is 8.91. The van der Waals surface area contributed by atoms with Crippen LogP contribution in [0.3, 0.4) is 0 Å². The summed E-state index contributed by atoms with van der Waals surface area (Å²) < 4.78 is 12.4. The molecule has 1 aliphatic heterocycles. The molecule has 0 amide bonds. The van der Waals surface area contributed by atoms with E-state index >= 15 is 0 Å². The van der Waals surface area contributed by atoms with Gasteiger partial charge in [0.05, 0.1) is 11.2 Å². The second-order valence-electron chi connectivity index (χ2n) is 6.88. The number of rotatable bonds is 2. The minimum atomic E-state index is -0.214. The van der Waals surface area contributed by atoms with Gasteiger partial charge < -0.3 is 9.31 Å². The van der Waals surface area contributed by atoms with Crippen molar-refractivity contribution in [2.75, 3.05) is 0 Å². The largest absolute Gasteiger partial charge is 0.461 e. The van der Waals surface area contributed by atoms with Gasteiger partial charge in [-0.15, -0.1) is 0 Å². The number of hydrogen-bond donors (Lipinski definition) is 0. The highest BCUT2D eigenvalue weighted by molar-refractivity contribution is 6.48. The van der Waals surface area contributed by atoms with Gasteiger partial charge in [0.2, 0.25) is 0 Å². The molecule has 2 aliphatic rings. The molecule has 0 radical (unpaired) electrons. The van der Waals surface area contributed by atoms with E-state index in [9.17, 15) is 0 Å². The lowest BCUT2D eigenvalue weighted by atomic mass is 9.52. The number of benzene rings is 1. The zero-order valence-electron chi connectivity index (χ0n) is 12.3. The Morgan fingerprint density at radius 1 is 0.947 bits per heavy atom. The first kappa shape index (κ1) is 13.2. The first-order valence-electron chi connectivity index (χ1n) is 7.31. The smallest absolute Gasteiger partial charge is 0.403 e. The average molecular weight is 258 g/mol. The Kier molecular flexibility index (Phi) is 3.03. The third kappa shape index (κ3) is 2.13. The highest BCUT2D eigenvalue weighted by Crippen LogP contribution is 2.53. The fourth-order valence-corrected chi connectivity index (χ4v) is 3.03. The van der Waals surface area contributed by atoms with Crippen molar-refractivity contribution in [3.8, 4) is 0 Å². The molecule has 1 heterocycles. The molecule has 0 unspecified atom stereocenters. The quantitative estimate of drug-likeness (QED) is 0.746. The Labute approximate surface area is 116 Å². The Hall–Kier alpha value is -0.795. The van der Waals surface area contributed by atoms with E-state index in [4.69, 9.17) is 9.31 Å². The zero-order chi connectivity index (χ0) is 13.7. The van der Waals surface area contributed by atoms with Crippen LogP contribution in [-0.4, -0.2) is 18.3 Å². The van der Waals surface area contributed by atoms with Crippen LogP contribution in [0, 0.1) is 0 Å². The van der Waals surface area contributed by atoms with Crippen LogP contribution in [0.1, 0.15) is 52.0 Å². The maximum Gasteiger partial charge on any atom is 0.461 e. The predicted molar refractivity (Wildman–Crippen MR) is 78.2 cm³/mol. The molecule has 1 aliphatic carbocycles. The van der Waals surface area contributed by atoms with Crippen LogP contribution < -0.4 is 0 Å². The van der Waals surface area contributed by atoms with E-state index in [0.29, 0.717) is 11.7 Å². The van der Waals surface area contributed by atoms with Crippen LogP contribution in [-0.2, 0) is 9.31 Å². The standard InChI is InChI=1S/C16H23BO2/c1-15(2)16(3,4)19-17(18-15)14-11-10-13(14)12-8-6-5-7-9-12/h5-9,13-14H,10-11H2,1-4H3/t13-,14+/m0/s1. The molecule has 0 aromatic heterocycles. The summed E-state index contributed by atoms with van der Waals surface area (Å²) in [7, 11) is -0.0519. The summed E-state index contributed by atoms with van der Waals surface area (Å²) >= 11 is 0. The molecule has 0 spiro atoms. The summed E-state index contributed by atoms with van der Waals surface area (Å²) in [4.78, 5) is 0. The summed E-state index contributed by atoms with van der Waals surface area (Å²) in [6.07, 6.45) is 2.45. The second-order valence-corrected chi connectivity index (χ2v) is 6.88. The molecule has 1 aromatic carbocycles. The highest BCUT2D eigenvalue weighted by atomic mass is 16.7. The molecule has 1 saturated heterocycles. The van der Waals surface area contributed by atoms with Crippen LogP contribution in [0.5, 0.6) is 0 Å². The van der Waals surface area contributed by atoms with Crippen LogP contribution >= 0.6 is 0 Å². The van der Waals surface area contributed by atoms with Gasteiger partial charge in [0.1, 0.15) is 0 Å². The lowest BCUT2D eigenvalue weighted by Crippen LogP contribution is -2.41. The van der Waals surface area contributed by atoms with Crippen molar-refractivity contribution in [1.82, 2.24) is 0 Å². The topological polar surface area (TPSA) is 18.5 Å². The van der Waals surface area contributed by atoms with Gasteiger partial charge in [0.15, 0.2) is 0 Å². The average Bonchev–Trinajstić information content (AvgIpc) is 2.47. The Morgan fingerprint density at radius 3 is 2.00 bits per heavy atom. The SMILES string of the molecule is CC1(C)OB([C@@H]2CC[C@H]2c2ccccc2)OC1(C)C. The van der Waals surface area contributed by atoms with Crippen molar-refractivity contribution >= 4 is 7.12 Å². The van der Waals surface area contributed by atoms with Crippen LogP contribution in [0.4, 0.5) is 0 Å². The molecule has 19 heavy (non-hydrogen) atoms. The molecule has 1 saturated carbocycles. The summed E-state index contributed by atoms with van der Waals surface area (Å²) in [5, 5.41) is 0. The summed E-state index contributed by atoms with van der Waals surface area (Å²) in [6, 6.07) is 10.8. The molecular formula is C16H23BO2. The molecule has 102 valence electrons. The van der Waals surface area contributed by atoms with Crippen molar-refractivity contribution in [3.63, 3.8) is 0 Å². The molecule has 3 heteroatoms. The van der Waals surface area contributed by atoms with Gasteiger partial charge in [0, 0.05) is 5.82 Å². The van der Waals surface area contributed by atoms with Crippen molar-refractivity contribution < 1.29 is 9.31 Å². The predicted octanol–water partition coefficient (Wildman–Crippen LogP) is 4.03. The zero-order valence-corrected chi connectivity index (χ0v) is 12.3. The lowest BCUT2D eigenvalue weighted by molar-refractivity contribution is 0.00578. The van der Waals surface area contributed by atoms with E-state index in [1.807, 2.05) is 0 Å². The molecule has 2 fully saturated rings. The van der Waals surface area contributed by atoms with Crippen LogP contribution in [0.15, 0.2) is 30.3 Å². The van der Waals surface area contributed by atoms with Crippen molar-refractivity contribution in [2.45, 2.75) is 63.5 Å². The molecule has 2 atom stereocenters.